The molecule has 0 amide bonds. The number of rotatable bonds is 4. The van der Waals surface area contributed by atoms with Crippen LogP contribution in [0.2, 0.25) is 0 Å². The summed E-state index contributed by atoms with van der Waals surface area (Å²) in [6.07, 6.45) is 9.02. The molecule has 1 heterocycles. The summed E-state index contributed by atoms with van der Waals surface area (Å²) in [5, 5.41) is 11.6. The minimum atomic E-state index is 0.801. The Kier molecular flexibility index (Phi) is 4.00. The maximum absolute atomic E-state index is 4.08. The van der Waals surface area contributed by atoms with Gasteiger partial charge in [-0.3, -0.25) is 0 Å². The fourth-order valence-electron chi connectivity index (χ4n) is 2.95. The SMILES string of the molecule is CC1CCC(CNc2ccccc2-n2ccnn2)CC1. The summed E-state index contributed by atoms with van der Waals surface area (Å²) >= 11 is 0. The van der Waals surface area contributed by atoms with Gasteiger partial charge in [0.25, 0.3) is 0 Å². The quantitative estimate of drug-likeness (QED) is 0.924. The highest BCUT2D eigenvalue weighted by molar-refractivity contribution is 5.60. The van der Waals surface area contributed by atoms with E-state index in [0.717, 1.165) is 29.8 Å². The van der Waals surface area contributed by atoms with E-state index in [2.05, 4.69) is 40.8 Å². The maximum Gasteiger partial charge on any atom is 0.0894 e. The first-order valence-corrected chi connectivity index (χ1v) is 7.52. The summed E-state index contributed by atoms with van der Waals surface area (Å²) in [5.41, 5.74) is 2.20. The molecule has 0 unspecified atom stereocenters. The molecule has 1 aromatic heterocycles. The molecule has 1 aliphatic rings. The molecular formula is C16H22N4. The van der Waals surface area contributed by atoms with Crippen LogP contribution in [0.1, 0.15) is 32.6 Å². The molecule has 1 aliphatic carbocycles. The van der Waals surface area contributed by atoms with Crippen LogP contribution in [0.15, 0.2) is 36.7 Å². The van der Waals surface area contributed by atoms with Crippen molar-refractivity contribution < 1.29 is 0 Å². The highest BCUT2D eigenvalue weighted by atomic mass is 15.4. The summed E-state index contributed by atoms with van der Waals surface area (Å²) in [6.45, 7) is 3.42. The predicted octanol–water partition coefficient (Wildman–Crippen LogP) is 3.51. The van der Waals surface area contributed by atoms with E-state index in [1.807, 2.05) is 16.9 Å². The Morgan fingerprint density at radius 1 is 1.20 bits per heavy atom. The van der Waals surface area contributed by atoms with Crippen LogP contribution in [0.5, 0.6) is 0 Å². The molecule has 106 valence electrons. The number of hydrogen-bond acceptors (Lipinski definition) is 3. The van der Waals surface area contributed by atoms with Gasteiger partial charge in [0.1, 0.15) is 0 Å². The van der Waals surface area contributed by atoms with Crippen LogP contribution in [-0.2, 0) is 0 Å². The molecule has 0 spiro atoms. The molecule has 3 rings (SSSR count). The Morgan fingerprint density at radius 2 is 2.00 bits per heavy atom. The number of hydrogen-bond donors (Lipinski definition) is 1. The lowest BCUT2D eigenvalue weighted by Gasteiger charge is -2.26. The van der Waals surface area contributed by atoms with Crippen LogP contribution in [0, 0.1) is 11.8 Å². The Labute approximate surface area is 120 Å². The minimum absolute atomic E-state index is 0.801. The van der Waals surface area contributed by atoms with E-state index in [9.17, 15) is 0 Å². The molecular weight excluding hydrogens is 248 g/mol. The van der Waals surface area contributed by atoms with Gasteiger partial charge in [0.2, 0.25) is 0 Å². The van der Waals surface area contributed by atoms with Gasteiger partial charge in [-0.2, -0.15) is 0 Å². The highest BCUT2D eigenvalue weighted by Gasteiger charge is 2.18. The van der Waals surface area contributed by atoms with Gasteiger partial charge in [-0.15, -0.1) is 5.10 Å². The smallest absolute Gasteiger partial charge is 0.0894 e. The Balaban J connectivity index is 1.66. The number of nitrogens with zero attached hydrogens (tertiary/aromatic N) is 3. The molecule has 0 radical (unpaired) electrons. The topological polar surface area (TPSA) is 42.7 Å². The Bertz CT molecular complexity index is 527. The average molecular weight is 270 g/mol. The summed E-state index contributed by atoms with van der Waals surface area (Å²) in [5.74, 6) is 1.71. The Morgan fingerprint density at radius 3 is 2.75 bits per heavy atom. The van der Waals surface area contributed by atoms with Crippen molar-refractivity contribution in [1.29, 1.82) is 0 Å². The second-order valence-corrected chi connectivity index (χ2v) is 5.87. The molecule has 1 aromatic carbocycles. The van der Waals surface area contributed by atoms with Gasteiger partial charge in [-0.25, -0.2) is 4.68 Å². The lowest BCUT2D eigenvalue weighted by Crippen LogP contribution is -2.20. The largest absolute Gasteiger partial charge is 0.383 e. The van der Waals surface area contributed by atoms with E-state index in [1.54, 1.807) is 6.20 Å². The first-order valence-electron chi connectivity index (χ1n) is 7.52. The fraction of sp³-hybridized carbons (Fsp3) is 0.500. The first kappa shape index (κ1) is 13.2. The molecule has 0 aliphatic heterocycles. The summed E-state index contributed by atoms with van der Waals surface area (Å²) in [4.78, 5) is 0. The van der Waals surface area contributed by atoms with E-state index in [0.29, 0.717) is 0 Å². The number of benzene rings is 1. The van der Waals surface area contributed by atoms with E-state index in [-0.39, 0.29) is 0 Å². The molecule has 4 nitrogen and oxygen atoms in total. The molecule has 0 atom stereocenters. The summed E-state index contributed by atoms with van der Waals surface area (Å²) in [6, 6.07) is 8.28. The van der Waals surface area contributed by atoms with Crippen molar-refractivity contribution in [3.05, 3.63) is 36.7 Å². The van der Waals surface area contributed by atoms with Crippen LogP contribution in [0.4, 0.5) is 5.69 Å². The lowest BCUT2D eigenvalue weighted by molar-refractivity contribution is 0.300. The molecule has 1 N–H and O–H groups in total. The van der Waals surface area contributed by atoms with E-state index >= 15 is 0 Å². The first-order chi connectivity index (χ1) is 9.83. The van der Waals surface area contributed by atoms with E-state index in [4.69, 9.17) is 0 Å². The molecule has 0 saturated heterocycles. The van der Waals surface area contributed by atoms with Crippen LogP contribution in [0.3, 0.4) is 0 Å². The number of para-hydroxylation sites is 2. The number of anilines is 1. The maximum atomic E-state index is 4.08. The van der Waals surface area contributed by atoms with Crippen molar-refractivity contribution in [2.75, 3.05) is 11.9 Å². The van der Waals surface area contributed by atoms with Gasteiger partial charge in [-0.05, 0) is 36.8 Å². The van der Waals surface area contributed by atoms with E-state index in [1.165, 1.54) is 25.7 Å². The fourth-order valence-corrected chi connectivity index (χ4v) is 2.95. The van der Waals surface area contributed by atoms with Gasteiger partial charge in [0.05, 0.1) is 23.8 Å². The second kappa shape index (κ2) is 6.07. The summed E-state index contributed by atoms with van der Waals surface area (Å²) in [7, 11) is 0. The number of nitrogens with one attached hydrogen (secondary N) is 1. The molecule has 20 heavy (non-hydrogen) atoms. The van der Waals surface area contributed by atoms with Crippen LogP contribution < -0.4 is 5.32 Å². The zero-order valence-corrected chi connectivity index (χ0v) is 12.0. The third-order valence-electron chi connectivity index (χ3n) is 4.29. The number of aromatic nitrogens is 3. The minimum Gasteiger partial charge on any atom is -0.383 e. The van der Waals surface area contributed by atoms with Crippen molar-refractivity contribution in [3.63, 3.8) is 0 Å². The zero-order valence-electron chi connectivity index (χ0n) is 12.0. The van der Waals surface area contributed by atoms with Crippen molar-refractivity contribution in [2.24, 2.45) is 11.8 Å². The van der Waals surface area contributed by atoms with Gasteiger partial charge < -0.3 is 5.32 Å². The van der Waals surface area contributed by atoms with Crippen molar-refractivity contribution >= 4 is 5.69 Å². The van der Waals surface area contributed by atoms with Crippen LogP contribution in [0.25, 0.3) is 5.69 Å². The van der Waals surface area contributed by atoms with Gasteiger partial charge in [0.15, 0.2) is 0 Å². The van der Waals surface area contributed by atoms with Crippen molar-refractivity contribution in [2.45, 2.75) is 32.6 Å². The third-order valence-corrected chi connectivity index (χ3v) is 4.29. The molecule has 4 heteroatoms. The molecule has 1 fully saturated rings. The van der Waals surface area contributed by atoms with Crippen molar-refractivity contribution in [1.82, 2.24) is 15.0 Å². The summed E-state index contributed by atoms with van der Waals surface area (Å²) < 4.78 is 1.81. The highest BCUT2D eigenvalue weighted by Crippen LogP contribution is 2.29. The average Bonchev–Trinajstić information content (AvgIpc) is 3.01. The molecule has 2 aromatic rings. The van der Waals surface area contributed by atoms with Gasteiger partial charge in [0, 0.05) is 6.54 Å². The predicted molar refractivity (Wildman–Crippen MR) is 81.0 cm³/mol. The molecule has 1 saturated carbocycles. The van der Waals surface area contributed by atoms with Crippen LogP contribution in [-0.4, -0.2) is 21.5 Å². The zero-order chi connectivity index (χ0) is 13.8. The van der Waals surface area contributed by atoms with Crippen molar-refractivity contribution in [3.8, 4) is 5.69 Å². The monoisotopic (exact) mass is 270 g/mol. The normalized spacial score (nSPS) is 22.6. The lowest BCUT2D eigenvalue weighted by atomic mass is 9.83. The van der Waals surface area contributed by atoms with E-state index < -0.39 is 0 Å². The third kappa shape index (κ3) is 3.00. The van der Waals surface area contributed by atoms with Gasteiger partial charge in [-0.1, -0.05) is 37.1 Å². The second-order valence-electron chi connectivity index (χ2n) is 5.87. The van der Waals surface area contributed by atoms with Gasteiger partial charge >= 0.3 is 0 Å². The Hall–Kier alpha value is -1.84. The van der Waals surface area contributed by atoms with Crippen LogP contribution >= 0.6 is 0 Å². The molecule has 0 bridgehead atoms. The standard InChI is InChI=1S/C16H22N4/c1-13-6-8-14(9-7-13)12-17-15-4-2-3-5-16(15)20-11-10-18-19-20/h2-5,10-11,13-14,17H,6-9,12H2,1H3.